The molecule has 0 bridgehead atoms. The van der Waals surface area contributed by atoms with E-state index in [2.05, 4.69) is 33.9 Å². The molecular formula is C21H32O8Si. The molecule has 1 saturated heterocycles. The van der Waals surface area contributed by atoms with E-state index in [1.54, 1.807) is 0 Å². The number of carbonyl (C=O) groups is 4. The minimum absolute atomic E-state index is 0.0657. The SMILES string of the molecule is COC(=O)[C@]1(C=O)CO[C@@H](CO[Si](C)(C)C(C)(C)C)[C@@H]1[C@]1(C(C)=O)C=CC(=O)OC1. The summed E-state index contributed by atoms with van der Waals surface area (Å²) in [5.74, 6) is -2.66. The molecule has 0 radical (unpaired) electrons. The van der Waals surface area contributed by atoms with E-state index in [0.29, 0.717) is 6.29 Å². The Morgan fingerprint density at radius 3 is 2.37 bits per heavy atom. The van der Waals surface area contributed by atoms with Crippen molar-refractivity contribution >= 4 is 32.3 Å². The van der Waals surface area contributed by atoms with Crippen molar-refractivity contribution in [3.8, 4) is 0 Å². The number of Topliss-reactive ketones (excluding diaryl/α,β-unsaturated/α-hetero) is 1. The molecule has 0 spiro atoms. The first-order valence-corrected chi connectivity index (χ1v) is 12.9. The molecule has 0 aromatic heterocycles. The molecule has 0 N–H and O–H groups in total. The van der Waals surface area contributed by atoms with Gasteiger partial charge in [-0.15, -0.1) is 0 Å². The Labute approximate surface area is 178 Å². The average molecular weight is 441 g/mol. The highest BCUT2D eigenvalue weighted by Gasteiger charge is 2.65. The third kappa shape index (κ3) is 4.02. The Morgan fingerprint density at radius 2 is 1.93 bits per heavy atom. The zero-order chi connectivity index (χ0) is 23.0. The van der Waals surface area contributed by atoms with Gasteiger partial charge < -0.3 is 23.4 Å². The van der Waals surface area contributed by atoms with Gasteiger partial charge in [0.25, 0.3) is 0 Å². The van der Waals surface area contributed by atoms with Crippen LogP contribution in [0, 0.1) is 16.7 Å². The Balaban J connectivity index is 2.54. The van der Waals surface area contributed by atoms with Crippen LogP contribution in [0.1, 0.15) is 27.7 Å². The minimum atomic E-state index is -2.18. The highest BCUT2D eigenvalue weighted by Crippen LogP contribution is 2.51. The van der Waals surface area contributed by atoms with E-state index < -0.39 is 43.1 Å². The van der Waals surface area contributed by atoms with Gasteiger partial charge in [-0.3, -0.25) is 9.59 Å². The van der Waals surface area contributed by atoms with Gasteiger partial charge in [-0.25, -0.2) is 4.79 Å². The van der Waals surface area contributed by atoms with Gasteiger partial charge in [0.05, 0.1) is 31.8 Å². The lowest BCUT2D eigenvalue weighted by atomic mass is 9.59. The third-order valence-corrected chi connectivity index (χ3v) is 11.3. The molecule has 8 nitrogen and oxygen atoms in total. The Morgan fingerprint density at radius 1 is 1.30 bits per heavy atom. The van der Waals surface area contributed by atoms with Gasteiger partial charge in [-0.1, -0.05) is 26.8 Å². The molecule has 0 amide bonds. The lowest BCUT2D eigenvalue weighted by Gasteiger charge is -2.43. The number of hydrogen-bond acceptors (Lipinski definition) is 8. The second kappa shape index (κ2) is 8.36. The van der Waals surface area contributed by atoms with Crippen LogP contribution in [-0.4, -0.2) is 65.4 Å². The van der Waals surface area contributed by atoms with Crippen molar-refractivity contribution in [2.75, 3.05) is 26.9 Å². The molecule has 0 saturated carbocycles. The summed E-state index contributed by atoms with van der Waals surface area (Å²) in [6, 6.07) is 0. The van der Waals surface area contributed by atoms with Crippen LogP contribution in [0.25, 0.3) is 0 Å². The molecule has 2 aliphatic rings. The number of hydrogen-bond donors (Lipinski definition) is 0. The van der Waals surface area contributed by atoms with Gasteiger partial charge in [-0.05, 0) is 25.1 Å². The van der Waals surface area contributed by atoms with Gasteiger partial charge in [-0.2, -0.15) is 0 Å². The first-order chi connectivity index (χ1) is 13.8. The Hall–Kier alpha value is -1.84. The van der Waals surface area contributed by atoms with Crippen molar-refractivity contribution in [1.29, 1.82) is 0 Å². The van der Waals surface area contributed by atoms with Crippen molar-refractivity contribution < 1.29 is 37.8 Å². The average Bonchev–Trinajstić information content (AvgIpc) is 3.06. The highest BCUT2D eigenvalue weighted by atomic mass is 28.4. The Bertz CT molecular complexity index is 753. The van der Waals surface area contributed by atoms with Crippen LogP contribution in [0.3, 0.4) is 0 Å². The van der Waals surface area contributed by atoms with Crippen molar-refractivity contribution in [2.24, 2.45) is 16.7 Å². The smallest absolute Gasteiger partial charge is 0.330 e. The number of methoxy groups -OCH3 is 1. The highest BCUT2D eigenvalue weighted by molar-refractivity contribution is 6.74. The van der Waals surface area contributed by atoms with Crippen LogP contribution in [-0.2, 0) is 37.8 Å². The maximum absolute atomic E-state index is 12.8. The number of aldehydes is 1. The second-order valence-electron chi connectivity index (χ2n) is 9.59. The molecule has 0 aromatic carbocycles. The number of ether oxygens (including phenoxy) is 3. The lowest BCUT2D eigenvalue weighted by molar-refractivity contribution is -0.163. The van der Waals surface area contributed by atoms with Gasteiger partial charge >= 0.3 is 11.9 Å². The fraction of sp³-hybridized carbons (Fsp3) is 0.714. The predicted octanol–water partition coefficient (Wildman–Crippen LogP) is 2.07. The molecule has 2 aliphatic heterocycles. The summed E-state index contributed by atoms with van der Waals surface area (Å²) in [7, 11) is -0.997. The minimum Gasteiger partial charge on any atom is -0.468 e. The van der Waals surface area contributed by atoms with E-state index >= 15 is 0 Å². The third-order valence-electron chi connectivity index (χ3n) is 6.83. The zero-order valence-corrected chi connectivity index (χ0v) is 19.8. The van der Waals surface area contributed by atoms with Crippen LogP contribution in [0.5, 0.6) is 0 Å². The van der Waals surface area contributed by atoms with Gasteiger partial charge in [0.1, 0.15) is 18.7 Å². The van der Waals surface area contributed by atoms with Crippen molar-refractivity contribution in [3.63, 3.8) is 0 Å². The van der Waals surface area contributed by atoms with Crippen LogP contribution in [0.2, 0.25) is 18.1 Å². The molecule has 0 aliphatic carbocycles. The number of cyclic esters (lactones) is 1. The van der Waals surface area contributed by atoms with E-state index in [1.807, 2.05) is 0 Å². The maximum atomic E-state index is 12.8. The summed E-state index contributed by atoms with van der Waals surface area (Å²) in [4.78, 5) is 49.5. The molecule has 1 fully saturated rings. The normalized spacial score (nSPS) is 31.9. The number of ketones is 1. The quantitative estimate of drug-likeness (QED) is 0.256. The van der Waals surface area contributed by atoms with Crippen molar-refractivity contribution in [3.05, 3.63) is 12.2 Å². The van der Waals surface area contributed by atoms with E-state index in [-0.39, 0.29) is 30.6 Å². The number of carbonyl (C=O) groups excluding carboxylic acids is 4. The second-order valence-corrected chi connectivity index (χ2v) is 14.4. The molecule has 0 unspecified atom stereocenters. The van der Waals surface area contributed by atoms with E-state index in [9.17, 15) is 19.2 Å². The van der Waals surface area contributed by atoms with Gasteiger partial charge in [0, 0.05) is 12.0 Å². The first kappa shape index (κ1) is 24.4. The summed E-state index contributed by atoms with van der Waals surface area (Å²) < 4.78 is 22.3. The summed E-state index contributed by atoms with van der Waals surface area (Å²) >= 11 is 0. The van der Waals surface area contributed by atoms with Crippen molar-refractivity contribution in [2.45, 2.75) is 51.9 Å². The first-order valence-electron chi connectivity index (χ1n) is 9.95. The summed E-state index contributed by atoms with van der Waals surface area (Å²) in [5.41, 5.74) is -3.11. The molecule has 2 rings (SSSR count). The van der Waals surface area contributed by atoms with Gasteiger partial charge in [0.2, 0.25) is 0 Å². The molecular weight excluding hydrogens is 408 g/mol. The monoisotopic (exact) mass is 440 g/mol. The molecule has 4 atom stereocenters. The molecule has 9 heteroatoms. The largest absolute Gasteiger partial charge is 0.468 e. The van der Waals surface area contributed by atoms with E-state index in [4.69, 9.17) is 18.6 Å². The standard InChI is InChI=1S/C21H32O8Si/c1-14(23)20(9-8-16(24)28-12-20)17-15(10-29-30(6,7)19(2,3)4)27-13-21(17,11-22)18(25)26-5/h8-9,11,15,17H,10,12-13H2,1-7H3/t15-,17+,20+,21+/m0/s1. The van der Waals surface area contributed by atoms with Crippen LogP contribution in [0.15, 0.2) is 12.2 Å². The van der Waals surface area contributed by atoms with Gasteiger partial charge in [0.15, 0.2) is 13.7 Å². The molecule has 30 heavy (non-hydrogen) atoms. The van der Waals surface area contributed by atoms with E-state index in [0.717, 1.165) is 6.08 Å². The number of rotatable bonds is 7. The maximum Gasteiger partial charge on any atom is 0.330 e. The molecule has 0 aromatic rings. The molecule has 2 heterocycles. The predicted molar refractivity (Wildman–Crippen MR) is 110 cm³/mol. The summed E-state index contributed by atoms with van der Waals surface area (Å²) in [6.07, 6.45) is 2.34. The Kier molecular flexibility index (Phi) is 6.80. The van der Waals surface area contributed by atoms with Crippen LogP contribution >= 0.6 is 0 Å². The van der Waals surface area contributed by atoms with E-state index in [1.165, 1.54) is 20.1 Å². The summed E-state index contributed by atoms with van der Waals surface area (Å²) in [5, 5.41) is -0.0657. The lowest BCUT2D eigenvalue weighted by Crippen LogP contribution is -2.56. The summed E-state index contributed by atoms with van der Waals surface area (Å²) in [6.45, 7) is 11.4. The van der Waals surface area contributed by atoms with Crippen LogP contribution in [0.4, 0.5) is 0 Å². The number of esters is 2. The fourth-order valence-corrected chi connectivity index (χ4v) is 4.89. The molecule has 168 valence electrons. The topological polar surface area (TPSA) is 105 Å². The van der Waals surface area contributed by atoms with Crippen molar-refractivity contribution in [1.82, 2.24) is 0 Å². The zero-order valence-electron chi connectivity index (χ0n) is 18.8. The van der Waals surface area contributed by atoms with Crippen LogP contribution < -0.4 is 0 Å². The fourth-order valence-electron chi connectivity index (χ4n) is 3.87.